The van der Waals surface area contributed by atoms with Gasteiger partial charge in [0.1, 0.15) is 5.75 Å². The van der Waals surface area contributed by atoms with Crippen molar-refractivity contribution in [3.8, 4) is 5.75 Å². The number of ether oxygens (including phenoxy) is 1. The van der Waals surface area contributed by atoms with Crippen molar-refractivity contribution in [1.82, 2.24) is 9.80 Å². The van der Waals surface area contributed by atoms with E-state index < -0.39 is 0 Å². The molecule has 0 saturated carbocycles. The molecule has 2 atom stereocenters. The third-order valence-corrected chi connectivity index (χ3v) is 6.04. The first-order valence-electron chi connectivity index (χ1n) is 9.31. The summed E-state index contributed by atoms with van der Waals surface area (Å²) in [6.45, 7) is 11.4. The normalized spacial score (nSPS) is 25.5. The van der Waals surface area contributed by atoms with E-state index in [-0.39, 0.29) is 0 Å². The first-order chi connectivity index (χ1) is 11.6. The van der Waals surface area contributed by atoms with E-state index >= 15 is 0 Å². The van der Waals surface area contributed by atoms with Crippen LogP contribution in [0, 0.1) is 25.7 Å². The molecule has 1 N–H and O–H groups in total. The fraction of sp³-hybridized carbons (Fsp3) is 0.700. The molecule has 2 aliphatic rings. The van der Waals surface area contributed by atoms with Crippen molar-refractivity contribution < 1.29 is 9.84 Å². The molecule has 2 saturated heterocycles. The quantitative estimate of drug-likeness (QED) is 0.868. The SMILES string of the molecule is COc1ccc(CN2C[C@@H](CN3CCCC3)[C@@H](CO)C2)c(C)c1C. The third kappa shape index (κ3) is 3.76. The van der Waals surface area contributed by atoms with Gasteiger partial charge in [-0.15, -0.1) is 0 Å². The molecule has 0 aliphatic carbocycles. The van der Waals surface area contributed by atoms with E-state index in [0.717, 1.165) is 31.9 Å². The highest BCUT2D eigenvalue weighted by Gasteiger charge is 2.34. The van der Waals surface area contributed by atoms with Crippen molar-refractivity contribution >= 4 is 0 Å². The predicted octanol–water partition coefficient (Wildman–Crippen LogP) is 2.45. The van der Waals surface area contributed by atoms with Crippen LogP contribution in [0.25, 0.3) is 0 Å². The van der Waals surface area contributed by atoms with Crippen LogP contribution in [0.3, 0.4) is 0 Å². The van der Waals surface area contributed by atoms with Gasteiger partial charge >= 0.3 is 0 Å². The Balaban J connectivity index is 1.64. The van der Waals surface area contributed by atoms with Gasteiger partial charge in [-0.3, -0.25) is 4.90 Å². The number of aliphatic hydroxyl groups excluding tert-OH is 1. The Bertz CT molecular complexity index is 555. The Labute approximate surface area is 146 Å². The molecule has 0 bridgehead atoms. The van der Waals surface area contributed by atoms with E-state index in [2.05, 4.69) is 35.8 Å². The number of likely N-dealkylation sites (tertiary alicyclic amines) is 2. The number of benzene rings is 1. The van der Waals surface area contributed by atoms with E-state index in [9.17, 15) is 5.11 Å². The lowest BCUT2D eigenvalue weighted by Gasteiger charge is -2.23. The second-order valence-corrected chi connectivity index (χ2v) is 7.58. The second-order valence-electron chi connectivity index (χ2n) is 7.58. The molecule has 0 unspecified atom stereocenters. The summed E-state index contributed by atoms with van der Waals surface area (Å²) in [7, 11) is 1.73. The Kier molecular flexibility index (Phi) is 5.80. The van der Waals surface area contributed by atoms with Crippen LogP contribution in [0.1, 0.15) is 29.5 Å². The molecule has 2 fully saturated rings. The highest BCUT2D eigenvalue weighted by molar-refractivity contribution is 5.43. The average Bonchev–Trinajstić information content (AvgIpc) is 3.22. The molecule has 0 radical (unpaired) electrons. The van der Waals surface area contributed by atoms with Gasteiger partial charge in [-0.1, -0.05) is 6.07 Å². The van der Waals surface area contributed by atoms with Gasteiger partial charge in [-0.05, 0) is 74.4 Å². The summed E-state index contributed by atoms with van der Waals surface area (Å²) >= 11 is 0. The van der Waals surface area contributed by atoms with Crippen molar-refractivity contribution in [3.63, 3.8) is 0 Å². The van der Waals surface area contributed by atoms with Gasteiger partial charge < -0.3 is 14.7 Å². The van der Waals surface area contributed by atoms with E-state index in [0.29, 0.717) is 18.4 Å². The fourth-order valence-corrected chi connectivity index (χ4v) is 4.36. The summed E-state index contributed by atoms with van der Waals surface area (Å²) in [5.41, 5.74) is 3.95. The molecule has 0 aromatic heterocycles. The lowest BCUT2D eigenvalue weighted by atomic mass is 9.96. The Morgan fingerprint density at radius 1 is 1.04 bits per heavy atom. The first-order valence-corrected chi connectivity index (χ1v) is 9.31. The van der Waals surface area contributed by atoms with E-state index in [1.807, 2.05) is 0 Å². The van der Waals surface area contributed by atoms with Crippen molar-refractivity contribution in [2.75, 3.05) is 46.4 Å². The molecule has 4 nitrogen and oxygen atoms in total. The fourth-order valence-electron chi connectivity index (χ4n) is 4.36. The second kappa shape index (κ2) is 7.85. The van der Waals surface area contributed by atoms with E-state index in [1.54, 1.807) is 7.11 Å². The van der Waals surface area contributed by atoms with Crippen LogP contribution < -0.4 is 4.74 Å². The van der Waals surface area contributed by atoms with Gasteiger partial charge in [0.25, 0.3) is 0 Å². The van der Waals surface area contributed by atoms with Gasteiger partial charge in [0.2, 0.25) is 0 Å². The average molecular weight is 332 g/mol. The minimum absolute atomic E-state index is 0.315. The molecule has 24 heavy (non-hydrogen) atoms. The molecule has 1 aromatic carbocycles. The van der Waals surface area contributed by atoms with Gasteiger partial charge in [-0.25, -0.2) is 0 Å². The maximum absolute atomic E-state index is 9.80. The van der Waals surface area contributed by atoms with E-state index in [4.69, 9.17) is 4.74 Å². The number of nitrogens with zero attached hydrogens (tertiary/aromatic N) is 2. The number of hydrogen-bond donors (Lipinski definition) is 1. The van der Waals surface area contributed by atoms with Crippen molar-refractivity contribution in [2.45, 2.75) is 33.2 Å². The molecule has 4 heteroatoms. The van der Waals surface area contributed by atoms with Gasteiger partial charge in [0.05, 0.1) is 7.11 Å². The summed E-state index contributed by atoms with van der Waals surface area (Å²) < 4.78 is 5.42. The molecular formula is C20H32N2O2. The zero-order chi connectivity index (χ0) is 17.1. The number of hydrogen-bond acceptors (Lipinski definition) is 4. The minimum atomic E-state index is 0.315. The van der Waals surface area contributed by atoms with Gasteiger partial charge in [0, 0.05) is 32.8 Å². The number of methoxy groups -OCH3 is 1. The Morgan fingerprint density at radius 2 is 1.75 bits per heavy atom. The molecule has 2 heterocycles. The zero-order valence-electron chi connectivity index (χ0n) is 15.4. The summed E-state index contributed by atoms with van der Waals surface area (Å²) in [6, 6.07) is 4.28. The highest BCUT2D eigenvalue weighted by atomic mass is 16.5. The maximum Gasteiger partial charge on any atom is 0.122 e. The summed E-state index contributed by atoms with van der Waals surface area (Å²) in [6.07, 6.45) is 2.68. The van der Waals surface area contributed by atoms with Gasteiger partial charge in [0.15, 0.2) is 0 Å². The number of aliphatic hydroxyl groups is 1. The molecule has 2 aliphatic heterocycles. The predicted molar refractivity (Wildman–Crippen MR) is 97.5 cm³/mol. The lowest BCUT2D eigenvalue weighted by Crippen LogP contribution is -2.31. The largest absolute Gasteiger partial charge is 0.496 e. The standard InChI is InChI=1S/C20H32N2O2/c1-15-16(2)20(24-3)7-6-17(15)10-22-12-18(19(13-22)14-23)11-21-8-4-5-9-21/h6-7,18-19,23H,4-5,8-14H2,1-3H3/t18-,19-/m1/s1. The topological polar surface area (TPSA) is 35.9 Å². The molecule has 1 aromatic rings. The van der Waals surface area contributed by atoms with Crippen LogP contribution in [0.15, 0.2) is 12.1 Å². The van der Waals surface area contributed by atoms with Crippen LogP contribution in [-0.4, -0.2) is 61.3 Å². The molecule has 134 valence electrons. The van der Waals surface area contributed by atoms with Crippen molar-refractivity contribution in [3.05, 3.63) is 28.8 Å². The van der Waals surface area contributed by atoms with Crippen LogP contribution in [0.5, 0.6) is 5.75 Å². The summed E-state index contributed by atoms with van der Waals surface area (Å²) in [4.78, 5) is 5.11. The molecular weight excluding hydrogens is 300 g/mol. The third-order valence-electron chi connectivity index (χ3n) is 6.04. The smallest absolute Gasteiger partial charge is 0.122 e. The van der Waals surface area contributed by atoms with Gasteiger partial charge in [-0.2, -0.15) is 0 Å². The first kappa shape index (κ1) is 17.7. The monoisotopic (exact) mass is 332 g/mol. The van der Waals surface area contributed by atoms with Crippen molar-refractivity contribution in [1.29, 1.82) is 0 Å². The zero-order valence-corrected chi connectivity index (χ0v) is 15.4. The highest BCUT2D eigenvalue weighted by Crippen LogP contribution is 2.29. The van der Waals surface area contributed by atoms with E-state index in [1.165, 1.54) is 42.6 Å². The molecule has 3 rings (SSSR count). The maximum atomic E-state index is 9.80. The Morgan fingerprint density at radius 3 is 2.42 bits per heavy atom. The molecule has 0 spiro atoms. The summed E-state index contributed by atoms with van der Waals surface area (Å²) in [5, 5.41) is 9.80. The lowest BCUT2D eigenvalue weighted by molar-refractivity contribution is 0.175. The van der Waals surface area contributed by atoms with Crippen LogP contribution in [0.2, 0.25) is 0 Å². The Hall–Kier alpha value is -1.10. The molecule has 0 amide bonds. The summed E-state index contributed by atoms with van der Waals surface area (Å²) in [5.74, 6) is 2.00. The van der Waals surface area contributed by atoms with Crippen LogP contribution in [-0.2, 0) is 6.54 Å². The number of rotatable bonds is 6. The van der Waals surface area contributed by atoms with Crippen molar-refractivity contribution in [2.24, 2.45) is 11.8 Å². The minimum Gasteiger partial charge on any atom is -0.496 e. The van der Waals surface area contributed by atoms with Crippen LogP contribution >= 0.6 is 0 Å². The van der Waals surface area contributed by atoms with Crippen LogP contribution in [0.4, 0.5) is 0 Å².